The van der Waals surface area contributed by atoms with Crippen LogP contribution in [0.5, 0.6) is 0 Å². The molecule has 0 aromatic rings. The molecule has 0 bridgehead atoms. The first-order valence-corrected chi connectivity index (χ1v) is 10.6. The van der Waals surface area contributed by atoms with Crippen LogP contribution in [0.3, 0.4) is 0 Å². The zero-order valence-corrected chi connectivity index (χ0v) is 20.0. The van der Waals surface area contributed by atoms with Gasteiger partial charge in [-0.15, -0.1) is 0 Å². The summed E-state index contributed by atoms with van der Waals surface area (Å²) < 4.78 is 20.8. The molecule has 0 fully saturated rings. The number of aliphatic hydroxyl groups is 1. The molecule has 0 aromatic heterocycles. The van der Waals surface area contributed by atoms with Crippen molar-refractivity contribution >= 4 is 30.2 Å². The highest BCUT2D eigenvalue weighted by atomic mass is 16.6. The van der Waals surface area contributed by atoms with Crippen molar-refractivity contribution < 1.29 is 48.0 Å². The Morgan fingerprint density at radius 1 is 0.656 bits per heavy atom. The van der Waals surface area contributed by atoms with Crippen molar-refractivity contribution in [2.75, 3.05) is 6.61 Å². The summed E-state index contributed by atoms with van der Waals surface area (Å²) >= 11 is 0. The van der Waals surface area contributed by atoms with Crippen LogP contribution in [-0.4, -0.2) is 66.3 Å². The summed E-state index contributed by atoms with van der Waals surface area (Å²) in [6.45, 7) is 11.8. The van der Waals surface area contributed by atoms with Gasteiger partial charge in [0, 0.05) is 0 Å². The molecule has 0 spiro atoms. The molecule has 10 nitrogen and oxygen atoms in total. The van der Waals surface area contributed by atoms with E-state index in [1.165, 1.54) is 41.5 Å². The van der Waals surface area contributed by atoms with Gasteiger partial charge in [0.05, 0.1) is 23.7 Å². The molecule has 0 aromatic carbocycles. The second-order valence-electron chi connectivity index (χ2n) is 8.66. The number of ether oxygens (including phenoxy) is 4. The SMILES string of the molecule is CC(C)C(=O)OC[C@@H](O)[C@@H](OC(=O)C(C)C)[C@H](OC(=O)C(C)C)[C@H](C=O)OC(=O)C(C)C. The second-order valence-corrected chi connectivity index (χ2v) is 8.66. The molecular formula is C22H36O10. The largest absolute Gasteiger partial charge is 0.463 e. The molecule has 0 amide bonds. The van der Waals surface area contributed by atoms with E-state index >= 15 is 0 Å². The highest BCUT2D eigenvalue weighted by molar-refractivity contribution is 5.76. The van der Waals surface area contributed by atoms with E-state index in [4.69, 9.17) is 18.9 Å². The van der Waals surface area contributed by atoms with Crippen molar-refractivity contribution in [3.8, 4) is 0 Å². The van der Waals surface area contributed by atoms with E-state index in [1.807, 2.05) is 0 Å². The fourth-order valence-electron chi connectivity index (χ4n) is 2.10. The van der Waals surface area contributed by atoms with Crippen LogP contribution in [0.15, 0.2) is 0 Å². The van der Waals surface area contributed by atoms with E-state index < -0.39 is 78.6 Å². The van der Waals surface area contributed by atoms with Crippen LogP contribution in [0.2, 0.25) is 0 Å². The predicted molar refractivity (Wildman–Crippen MR) is 112 cm³/mol. The number of aliphatic hydroxyl groups excluding tert-OH is 1. The van der Waals surface area contributed by atoms with Crippen molar-refractivity contribution in [3.63, 3.8) is 0 Å². The first-order valence-electron chi connectivity index (χ1n) is 10.6. The first kappa shape index (κ1) is 29.5. The van der Waals surface area contributed by atoms with E-state index in [1.54, 1.807) is 13.8 Å². The average molecular weight is 461 g/mol. The lowest BCUT2D eigenvalue weighted by atomic mass is 10.0. The molecule has 0 rings (SSSR count). The van der Waals surface area contributed by atoms with Crippen molar-refractivity contribution in [1.82, 2.24) is 0 Å². The summed E-state index contributed by atoms with van der Waals surface area (Å²) in [5.41, 5.74) is 0. The standard InChI is InChI=1S/C22H36O10/c1-11(2)19(25)29-10-15(24)17(31-21(27)13(5)6)18(32-22(28)14(7)8)16(9-23)30-20(26)12(3)4/h9,11-18,24H,10H2,1-8H3/t15-,16+,17-,18-/m1/s1. The summed E-state index contributed by atoms with van der Waals surface area (Å²) in [5, 5.41) is 10.7. The Hall–Kier alpha value is -2.49. The van der Waals surface area contributed by atoms with Crippen LogP contribution in [0.25, 0.3) is 0 Å². The number of rotatable bonds is 13. The summed E-state index contributed by atoms with van der Waals surface area (Å²) in [5.74, 6) is -5.28. The van der Waals surface area contributed by atoms with Crippen LogP contribution in [0, 0.1) is 23.7 Å². The summed E-state index contributed by atoms with van der Waals surface area (Å²) in [4.78, 5) is 60.3. The van der Waals surface area contributed by atoms with Crippen molar-refractivity contribution in [3.05, 3.63) is 0 Å². The molecule has 0 aliphatic carbocycles. The Morgan fingerprint density at radius 3 is 1.41 bits per heavy atom. The zero-order chi connectivity index (χ0) is 25.2. The Morgan fingerprint density at radius 2 is 1.03 bits per heavy atom. The number of esters is 4. The van der Waals surface area contributed by atoms with E-state index in [9.17, 15) is 29.1 Å². The van der Waals surface area contributed by atoms with Gasteiger partial charge < -0.3 is 24.1 Å². The highest BCUT2D eigenvalue weighted by Crippen LogP contribution is 2.20. The third-order valence-corrected chi connectivity index (χ3v) is 4.20. The molecular weight excluding hydrogens is 424 g/mol. The summed E-state index contributed by atoms with van der Waals surface area (Å²) in [7, 11) is 0. The molecule has 0 radical (unpaired) electrons. The molecule has 0 saturated carbocycles. The Kier molecular flexibility index (Phi) is 12.7. The molecule has 0 saturated heterocycles. The van der Waals surface area contributed by atoms with Gasteiger partial charge >= 0.3 is 23.9 Å². The zero-order valence-electron chi connectivity index (χ0n) is 20.0. The Bertz CT molecular complexity index is 653. The van der Waals surface area contributed by atoms with E-state index in [0.717, 1.165) is 0 Å². The van der Waals surface area contributed by atoms with Gasteiger partial charge in [0.25, 0.3) is 0 Å². The topological polar surface area (TPSA) is 143 Å². The van der Waals surface area contributed by atoms with Gasteiger partial charge in [0.2, 0.25) is 0 Å². The molecule has 0 aliphatic heterocycles. The number of hydrogen-bond donors (Lipinski definition) is 1. The molecule has 10 heteroatoms. The Balaban J connectivity index is 6.11. The maximum atomic E-state index is 12.3. The minimum absolute atomic E-state index is 0.224. The summed E-state index contributed by atoms with van der Waals surface area (Å²) in [6, 6.07) is 0. The normalized spacial score (nSPS) is 15.2. The van der Waals surface area contributed by atoms with Crippen LogP contribution >= 0.6 is 0 Å². The molecule has 0 unspecified atom stereocenters. The quantitative estimate of drug-likeness (QED) is 0.244. The highest BCUT2D eigenvalue weighted by Gasteiger charge is 2.43. The van der Waals surface area contributed by atoms with Crippen molar-refractivity contribution in [2.24, 2.45) is 23.7 Å². The lowest BCUT2D eigenvalue weighted by Gasteiger charge is -2.33. The van der Waals surface area contributed by atoms with Gasteiger partial charge in [-0.3, -0.25) is 24.0 Å². The maximum absolute atomic E-state index is 12.3. The lowest BCUT2D eigenvalue weighted by molar-refractivity contribution is -0.201. The molecule has 0 aliphatic rings. The van der Waals surface area contributed by atoms with Crippen molar-refractivity contribution in [1.29, 1.82) is 0 Å². The number of carbonyl (C=O) groups is 5. The number of hydrogen-bond acceptors (Lipinski definition) is 10. The number of aldehydes is 1. The third kappa shape index (κ3) is 9.76. The van der Waals surface area contributed by atoms with Crippen molar-refractivity contribution in [2.45, 2.75) is 79.8 Å². The van der Waals surface area contributed by atoms with Gasteiger partial charge in [-0.25, -0.2) is 0 Å². The van der Waals surface area contributed by atoms with Gasteiger partial charge in [-0.05, 0) is 0 Å². The van der Waals surface area contributed by atoms with Gasteiger partial charge in [-0.2, -0.15) is 0 Å². The minimum Gasteiger partial charge on any atom is -0.463 e. The van der Waals surface area contributed by atoms with Crippen LogP contribution < -0.4 is 0 Å². The fraction of sp³-hybridized carbons (Fsp3) is 0.773. The third-order valence-electron chi connectivity index (χ3n) is 4.20. The number of carbonyl (C=O) groups excluding carboxylic acids is 5. The maximum Gasteiger partial charge on any atom is 0.309 e. The molecule has 1 N–H and O–H groups in total. The smallest absolute Gasteiger partial charge is 0.309 e. The first-order chi connectivity index (χ1) is 14.7. The molecule has 4 atom stereocenters. The summed E-state index contributed by atoms with van der Waals surface area (Å²) in [6.07, 6.45) is -6.44. The van der Waals surface area contributed by atoms with Crippen LogP contribution in [0.4, 0.5) is 0 Å². The van der Waals surface area contributed by atoms with Gasteiger partial charge in [-0.1, -0.05) is 55.4 Å². The monoisotopic (exact) mass is 460 g/mol. The van der Waals surface area contributed by atoms with E-state index in [-0.39, 0.29) is 6.29 Å². The predicted octanol–water partition coefficient (Wildman–Crippen LogP) is 1.45. The van der Waals surface area contributed by atoms with Crippen LogP contribution in [-0.2, 0) is 42.9 Å². The van der Waals surface area contributed by atoms with Gasteiger partial charge in [0.15, 0.2) is 24.6 Å². The fourth-order valence-corrected chi connectivity index (χ4v) is 2.10. The van der Waals surface area contributed by atoms with E-state index in [0.29, 0.717) is 0 Å². The lowest BCUT2D eigenvalue weighted by Crippen LogP contribution is -2.53. The second kappa shape index (κ2) is 13.8. The van der Waals surface area contributed by atoms with E-state index in [2.05, 4.69) is 0 Å². The minimum atomic E-state index is -1.68. The average Bonchev–Trinajstić information content (AvgIpc) is 2.71. The molecule has 184 valence electrons. The van der Waals surface area contributed by atoms with Gasteiger partial charge in [0.1, 0.15) is 12.7 Å². The molecule has 0 heterocycles. The Labute approximate surface area is 188 Å². The molecule has 32 heavy (non-hydrogen) atoms. The van der Waals surface area contributed by atoms with Crippen LogP contribution in [0.1, 0.15) is 55.4 Å².